The Bertz CT molecular complexity index is 691. The molecule has 4 nitrogen and oxygen atoms in total. The molecule has 0 radical (unpaired) electrons. The Morgan fingerprint density at radius 3 is 2.91 bits per heavy atom. The lowest BCUT2D eigenvalue weighted by molar-refractivity contribution is -0.126. The van der Waals surface area contributed by atoms with Crippen molar-refractivity contribution in [1.29, 1.82) is 0 Å². The predicted molar refractivity (Wildman–Crippen MR) is 86.2 cm³/mol. The molecule has 0 aliphatic heterocycles. The molecule has 1 aromatic carbocycles. The number of rotatable bonds is 3. The minimum atomic E-state index is -0.169. The third-order valence-electron chi connectivity index (χ3n) is 5.45. The van der Waals surface area contributed by atoms with Gasteiger partial charge in [0.05, 0.1) is 0 Å². The zero-order valence-electron chi connectivity index (χ0n) is 13.5. The molecular formula is C18H24N2O2. The van der Waals surface area contributed by atoms with Crippen molar-refractivity contribution in [1.82, 2.24) is 4.98 Å². The number of primary amides is 1. The number of hydrogen-bond acceptors (Lipinski definition) is 3. The van der Waals surface area contributed by atoms with Crippen molar-refractivity contribution in [3.05, 3.63) is 30.2 Å². The Kier molecular flexibility index (Phi) is 3.71. The highest BCUT2D eigenvalue weighted by atomic mass is 16.3. The molecule has 22 heavy (non-hydrogen) atoms. The highest BCUT2D eigenvalue weighted by Gasteiger charge is 2.43. The number of nitrogens with zero attached hydrogens (tertiary/aromatic N) is 1. The van der Waals surface area contributed by atoms with E-state index < -0.39 is 0 Å². The lowest BCUT2D eigenvalue weighted by Crippen LogP contribution is -2.43. The third-order valence-corrected chi connectivity index (χ3v) is 5.45. The van der Waals surface area contributed by atoms with E-state index in [0.717, 1.165) is 30.4 Å². The second-order valence-corrected chi connectivity index (χ2v) is 7.22. The van der Waals surface area contributed by atoms with Gasteiger partial charge >= 0.3 is 0 Å². The number of oxazole rings is 1. The third kappa shape index (κ3) is 2.40. The molecule has 1 aliphatic rings. The van der Waals surface area contributed by atoms with Crippen LogP contribution in [-0.4, -0.2) is 10.9 Å². The van der Waals surface area contributed by atoms with Crippen LogP contribution < -0.4 is 5.73 Å². The smallest absolute Gasteiger partial charge is 0.220 e. The summed E-state index contributed by atoms with van der Waals surface area (Å²) in [6, 6.07) is 6.04. The second-order valence-electron chi connectivity index (χ2n) is 7.22. The quantitative estimate of drug-likeness (QED) is 0.940. The summed E-state index contributed by atoms with van der Waals surface area (Å²) in [5, 5.41) is 0. The summed E-state index contributed by atoms with van der Waals surface area (Å²) in [6.07, 6.45) is 4.35. The molecule has 3 rings (SSSR count). The lowest BCUT2D eigenvalue weighted by Gasteiger charge is -2.43. The Morgan fingerprint density at radius 1 is 1.45 bits per heavy atom. The molecule has 0 spiro atoms. The van der Waals surface area contributed by atoms with Crippen molar-refractivity contribution in [3.8, 4) is 0 Å². The first-order valence-corrected chi connectivity index (χ1v) is 8.04. The number of aromatic nitrogens is 1. The number of amides is 1. The standard InChI is InChI=1S/C18H24N2O2/c1-11(2)12-7-8-18(3,9-13(12)17(19)21)14-5-4-6-15-16(14)20-10-22-15/h4-6,10-13H,7-9H2,1-3H3,(H2,19,21). The number of benzene rings is 1. The van der Waals surface area contributed by atoms with Crippen LogP contribution in [-0.2, 0) is 10.2 Å². The van der Waals surface area contributed by atoms with Crippen molar-refractivity contribution in [2.24, 2.45) is 23.5 Å². The molecule has 118 valence electrons. The van der Waals surface area contributed by atoms with E-state index in [9.17, 15) is 4.79 Å². The van der Waals surface area contributed by atoms with Crippen molar-refractivity contribution in [3.63, 3.8) is 0 Å². The maximum atomic E-state index is 12.0. The highest BCUT2D eigenvalue weighted by molar-refractivity contribution is 5.79. The molecule has 1 heterocycles. The topological polar surface area (TPSA) is 69.1 Å². The highest BCUT2D eigenvalue weighted by Crippen LogP contribution is 2.47. The molecule has 3 unspecified atom stereocenters. The minimum absolute atomic E-state index is 0.0686. The van der Waals surface area contributed by atoms with Gasteiger partial charge in [0.25, 0.3) is 0 Å². The number of para-hydroxylation sites is 1. The fraction of sp³-hybridized carbons (Fsp3) is 0.556. The summed E-state index contributed by atoms with van der Waals surface area (Å²) in [7, 11) is 0. The van der Waals surface area contributed by atoms with Gasteiger partial charge in [0.1, 0.15) is 5.52 Å². The Labute approximate surface area is 131 Å². The van der Waals surface area contributed by atoms with Gasteiger partial charge in [0, 0.05) is 5.92 Å². The molecule has 4 heteroatoms. The van der Waals surface area contributed by atoms with Crippen LogP contribution in [0.15, 0.2) is 29.0 Å². The summed E-state index contributed by atoms with van der Waals surface area (Å²) in [6.45, 7) is 6.59. The molecule has 2 N–H and O–H groups in total. The second kappa shape index (κ2) is 5.41. The maximum Gasteiger partial charge on any atom is 0.220 e. The monoisotopic (exact) mass is 300 g/mol. The molecule has 1 saturated carbocycles. The van der Waals surface area contributed by atoms with Crippen LogP contribution in [0.25, 0.3) is 11.1 Å². The van der Waals surface area contributed by atoms with Crippen LogP contribution >= 0.6 is 0 Å². The van der Waals surface area contributed by atoms with Gasteiger partial charge < -0.3 is 10.2 Å². The van der Waals surface area contributed by atoms with Crippen molar-refractivity contribution < 1.29 is 9.21 Å². The van der Waals surface area contributed by atoms with Gasteiger partial charge in [-0.3, -0.25) is 4.79 Å². The molecule has 1 fully saturated rings. The summed E-state index contributed by atoms with van der Waals surface area (Å²) in [5.41, 5.74) is 8.52. The van der Waals surface area contributed by atoms with Crippen LogP contribution in [0.5, 0.6) is 0 Å². The van der Waals surface area contributed by atoms with Crippen molar-refractivity contribution in [2.75, 3.05) is 0 Å². The Balaban J connectivity index is 2.00. The van der Waals surface area contributed by atoms with Crippen LogP contribution in [0.2, 0.25) is 0 Å². The van der Waals surface area contributed by atoms with E-state index in [1.807, 2.05) is 12.1 Å². The van der Waals surface area contributed by atoms with Gasteiger partial charge in [-0.05, 0) is 48.1 Å². The number of carbonyl (C=O) groups excluding carboxylic acids is 1. The number of fused-ring (bicyclic) bond motifs is 1. The molecule has 1 aromatic heterocycles. The molecule has 0 saturated heterocycles. The largest absolute Gasteiger partial charge is 0.443 e. The Morgan fingerprint density at radius 2 is 2.23 bits per heavy atom. The van der Waals surface area contributed by atoms with Gasteiger partial charge in [-0.25, -0.2) is 4.98 Å². The van der Waals surface area contributed by atoms with E-state index >= 15 is 0 Å². The number of nitrogens with two attached hydrogens (primary N) is 1. The first kappa shape index (κ1) is 15.1. The average molecular weight is 300 g/mol. The molecule has 1 aliphatic carbocycles. The van der Waals surface area contributed by atoms with Gasteiger partial charge in [0.15, 0.2) is 12.0 Å². The van der Waals surface area contributed by atoms with Crippen LogP contribution in [0, 0.1) is 17.8 Å². The Hall–Kier alpha value is -1.84. The molecule has 3 atom stereocenters. The summed E-state index contributed by atoms with van der Waals surface area (Å²) in [5.74, 6) is 0.616. The van der Waals surface area contributed by atoms with Crippen LogP contribution in [0.3, 0.4) is 0 Å². The predicted octanol–water partition coefficient (Wildman–Crippen LogP) is 3.64. The molecule has 2 aromatic rings. The normalized spacial score (nSPS) is 29.1. The first-order valence-electron chi connectivity index (χ1n) is 8.04. The first-order chi connectivity index (χ1) is 10.4. The van der Waals surface area contributed by atoms with E-state index in [-0.39, 0.29) is 17.2 Å². The van der Waals surface area contributed by atoms with Crippen LogP contribution in [0.1, 0.15) is 45.6 Å². The fourth-order valence-corrected chi connectivity index (χ4v) is 4.15. The molecule has 0 bridgehead atoms. The van der Waals surface area contributed by atoms with Gasteiger partial charge in [-0.1, -0.05) is 32.9 Å². The summed E-state index contributed by atoms with van der Waals surface area (Å²) in [4.78, 5) is 16.4. The molecular weight excluding hydrogens is 276 g/mol. The van der Waals surface area contributed by atoms with E-state index in [0.29, 0.717) is 11.8 Å². The van der Waals surface area contributed by atoms with Crippen LogP contribution in [0.4, 0.5) is 0 Å². The summed E-state index contributed by atoms with van der Waals surface area (Å²) >= 11 is 0. The van der Waals surface area contributed by atoms with E-state index in [1.54, 1.807) is 0 Å². The van der Waals surface area contributed by atoms with E-state index in [2.05, 4.69) is 31.8 Å². The summed E-state index contributed by atoms with van der Waals surface area (Å²) < 4.78 is 5.43. The van der Waals surface area contributed by atoms with Crippen molar-refractivity contribution >= 4 is 17.0 Å². The lowest BCUT2D eigenvalue weighted by atomic mass is 9.61. The number of carbonyl (C=O) groups is 1. The van der Waals surface area contributed by atoms with Gasteiger partial charge in [-0.2, -0.15) is 0 Å². The van der Waals surface area contributed by atoms with E-state index in [4.69, 9.17) is 10.2 Å². The number of hydrogen-bond donors (Lipinski definition) is 1. The SMILES string of the molecule is CC(C)C1CCC(C)(c2cccc3ocnc23)CC1C(N)=O. The fourth-order valence-electron chi connectivity index (χ4n) is 4.15. The van der Waals surface area contributed by atoms with Gasteiger partial charge in [0.2, 0.25) is 5.91 Å². The molecule has 1 amide bonds. The van der Waals surface area contributed by atoms with Crippen molar-refractivity contribution in [2.45, 2.75) is 45.4 Å². The maximum absolute atomic E-state index is 12.0. The van der Waals surface area contributed by atoms with E-state index in [1.165, 1.54) is 12.0 Å². The zero-order valence-corrected chi connectivity index (χ0v) is 13.5. The zero-order chi connectivity index (χ0) is 15.9. The minimum Gasteiger partial charge on any atom is -0.443 e. The average Bonchev–Trinajstić information content (AvgIpc) is 2.94. The van der Waals surface area contributed by atoms with Gasteiger partial charge in [-0.15, -0.1) is 0 Å².